The van der Waals surface area contributed by atoms with E-state index in [2.05, 4.69) is 0 Å². The van der Waals surface area contributed by atoms with Crippen LogP contribution in [0.3, 0.4) is 0 Å². The number of amides is 1. The third-order valence-electron chi connectivity index (χ3n) is 4.64. The van der Waals surface area contributed by atoms with Crippen LogP contribution in [0.15, 0.2) is 41.3 Å². The molecular formula is C22H19Cl2NO5S2. The van der Waals surface area contributed by atoms with Gasteiger partial charge < -0.3 is 14.2 Å². The summed E-state index contributed by atoms with van der Waals surface area (Å²) in [6.45, 7) is 1.80. The summed E-state index contributed by atoms with van der Waals surface area (Å²) in [5.74, 6) is 0.117. The molecule has 168 valence electrons. The highest BCUT2D eigenvalue weighted by Crippen LogP contribution is 2.36. The fourth-order valence-corrected chi connectivity index (χ4v) is 4.81. The van der Waals surface area contributed by atoms with Crippen LogP contribution < -0.4 is 9.47 Å². The molecule has 0 saturated carbocycles. The number of ether oxygens (including phenoxy) is 3. The van der Waals surface area contributed by atoms with E-state index in [-0.39, 0.29) is 12.5 Å². The van der Waals surface area contributed by atoms with Crippen molar-refractivity contribution < 1.29 is 23.8 Å². The third kappa shape index (κ3) is 5.38. The van der Waals surface area contributed by atoms with Crippen molar-refractivity contribution in [2.75, 3.05) is 14.2 Å². The van der Waals surface area contributed by atoms with Crippen molar-refractivity contribution in [2.24, 2.45) is 0 Å². The molecule has 10 heteroatoms. The molecule has 1 heterocycles. The van der Waals surface area contributed by atoms with Crippen LogP contribution in [-0.2, 0) is 20.9 Å². The number of nitrogens with zero attached hydrogens (tertiary/aromatic N) is 1. The molecule has 1 saturated heterocycles. The lowest BCUT2D eigenvalue weighted by Crippen LogP contribution is -2.42. The van der Waals surface area contributed by atoms with Gasteiger partial charge in [0, 0.05) is 15.6 Å². The number of thiocarbonyl (C=S) groups is 1. The third-order valence-corrected chi connectivity index (χ3v) is 6.55. The number of halogens is 2. The van der Waals surface area contributed by atoms with Crippen LogP contribution in [0.4, 0.5) is 0 Å². The molecule has 3 rings (SSSR count). The topological polar surface area (TPSA) is 65.1 Å². The van der Waals surface area contributed by atoms with Gasteiger partial charge in [-0.3, -0.25) is 9.69 Å². The van der Waals surface area contributed by atoms with Crippen molar-refractivity contribution in [1.29, 1.82) is 0 Å². The maximum Gasteiger partial charge on any atom is 0.328 e. The molecule has 1 aliphatic heterocycles. The predicted octanol–water partition coefficient (Wildman–Crippen LogP) is 5.34. The van der Waals surface area contributed by atoms with E-state index < -0.39 is 12.0 Å². The Balaban J connectivity index is 1.78. The molecule has 2 aromatic rings. The highest BCUT2D eigenvalue weighted by molar-refractivity contribution is 8.26. The summed E-state index contributed by atoms with van der Waals surface area (Å²) < 4.78 is 16.3. The van der Waals surface area contributed by atoms with Crippen LogP contribution in [0.1, 0.15) is 18.1 Å². The molecule has 1 unspecified atom stereocenters. The molecule has 0 spiro atoms. The van der Waals surface area contributed by atoms with Crippen LogP contribution in [0.5, 0.6) is 11.5 Å². The largest absolute Gasteiger partial charge is 0.493 e. The van der Waals surface area contributed by atoms with Crippen molar-refractivity contribution in [1.82, 2.24) is 4.90 Å². The first kappa shape index (κ1) is 24.4. The number of esters is 1. The van der Waals surface area contributed by atoms with E-state index >= 15 is 0 Å². The molecule has 0 aliphatic carbocycles. The predicted molar refractivity (Wildman–Crippen MR) is 130 cm³/mol. The molecule has 0 N–H and O–H groups in total. The quantitative estimate of drug-likeness (QED) is 0.282. The minimum absolute atomic E-state index is 0.232. The van der Waals surface area contributed by atoms with Gasteiger partial charge in [-0.15, -0.1) is 0 Å². The summed E-state index contributed by atoms with van der Waals surface area (Å²) in [7, 11) is 2.79. The first-order valence-corrected chi connectivity index (χ1v) is 11.3. The number of benzene rings is 2. The van der Waals surface area contributed by atoms with Gasteiger partial charge in [-0.1, -0.05) is 59.3 Å². The van der Waals surface area contributed by atoms with E-state index in [1.807, 2.05) is 0 Å². The number of thioether (sulfide) groups is 1. The van der Waals surface area contributed by atoms with Gasteiger partial charge in [-0.2, -0.15) is 0 Å². The number of carbonyl (C=O) groups excluding carboxylic acids is 2. The molecule has 0 aromatic heterocycles. The summed E-state index contributed by atoms with van der Waals surface area (Å²) in [4.78, 5) is 26.3. The molecule has 0 bridgehead atoms. The first-order chi connectivity index (χ1) is 15.2. The maximum atomic E-state index is 12.8. The van der Waals surface area contributed by atoms with Crippen LogP contribution in [0, 0.1) is 0 Å². The Bertz CT molecular complexity index is 1110. The van der Waals surface area contributed by atoms with Crippen molar-refractivity contribution >= 4 is 69.5 Å². The summed E-state index contributed by atoms with van der Waals surface area (Å²) in [5, 5.41) is 1.06. The lowest BCUT2D eigenvalue weighted by atomic mass is 10.1. The van der Waals surface area contributed by atoms with Crippen LogP contribution in [0.25, 0.3) is 6.08 Å². The van der Waals surface area contributed by atoms with Crippen LogP contribution in [0.2, 0.25) is 10.0 Å². The Kier molecular flexibility index (Phi) is 8.05. The minimum Gasteiger partial charge on any atom is -0.493 e. The summed E-state index contributed by atoms with van der Waals surface area (Å²) >= 11 is 18.5. The monoisotopic (exact) mass is 511 g/mol. The van der Waals surface area contributed by atoms with E-state index in [0.717, 1.165) is 17.3 Å². The highest BCUT2D eigenvalue weighted by atomic mass is 35.5. The Morgan fingerprint density at radius 1 is 1.19 bits per heavy atom. The van der Waals surface area contributed by atoms with Gasteiger partial charge in [-0.25, -0.2) is 4.79 Å². The second-order valence-corrected chi connectivity index (χ2v) is 9.20. The van der Waals surface area contributed by atoms with Crippen LogP contribution >= 0.6 is 47.2 Å². The van der Waals surface area contributed by atoms with Crippen molar-refractivity contribution in [3.63, 3.8) is 0 Å². The van der Waals surface area contributed by atoms with Crippen molar-refractivity contribution in [3.8, 4) is 11.5 Å². The zero-order chi connectivity index (χ0) is 23.4. The fourth-order valence-electron chi connectivity index (χ4n) is 2.93. The van der Waals surface area contributed by atoms with Gasteiger partial charge >= 0.3 is 5.97 Å². The Hall–Kier alpha value is -2.26. The van der Waals surface area contributed by atoms with Gasteiger partial charge in [0.25, 0.3) is 5.91 Å². The Labute approximate surface area is 205 Å². The lowest BCUT2D eigenvalue weighted by Gasteiger charge is -2.20. The van der Waals surface area contributed by atoms with Crippen molar-refractivity contribution in [3.05, 3.63) is 62.5 Å². The van der Waals surface area contributed by atoms with Gasteiger partial charge in [0.15, 0.2) is 11.5 Å². The molecule has 1 atom stereocenters. The number of hydrogen-bond acceptors (Lipinski definition) is 7. The van der Waals surface area contributed by atoms with Crippen LogP contribution in [-0.4, -0.2) is 41.4 Å². The van der Waals surface area contributed by atoms with E-state index in [1.54, 1.807) is 49.4 Å². The highest BCUT2D eigenvalue weighted by Gasteiger charge is 2.38. The number of carbonyl (C=O) groups is 2. The SMILES string of the molecule is COC(=O)C(C)N1C(=O)C(=Cc2ccc(OCc3ccc(Cl)cc3Cl)c(OC)c2)SC1=S. The summed E-state index contributed by atoms with van der Waals surface area (Å²) in [6, 6.07) is 9.66. The zero-order valence-electron chi connectivity index (χ0n) is 17.4. The Morgan fingerprint density at radius 3 is 2.59 bits per heavy atom. The second-order valence-electron chi connectivity index (χ2n) is 6.69. The van der Waals surface area contributed by atoms with Gasteiger partial charge in [0.1, 0.15) is 17.0 Å². The second kappa shape index (κ2) is 10.6. The maximum absolute atomic E-state index is 12.8. The Morgan fingerprint density at radius 2 is 1.94 bits per heavy atom. The lowest BCUT2D eigenvalue weighted by molar-refractivity contribution is -0.147. The molecule has 1 aliphatic rings. The minimum atomic E-state index is -0.802. The van der Waals surface area contributed by atoms with Gasteiger partial charge in [0.05, 0.1) is 19.1 Å². The zero-order valence-corrected chi connectivity index (χ0v) is 20.5. The normalized spacial score (nSPS) is 15.8. The molecule has 2 aromatic carbocycles. The van der Waals surface area contributed by atoms with E-state index in [9.17, 15) is 9.59 Å². The summed E-state index contributed by atoms with van der Waals surface area (Å²) in [5.41, 5.74) is 1.50. The van der Waals surface area contributed by atoms with E-state index in [1.165, 1.54) is 19.1 Å². The van der Waals surface area contributed by atoms with Gasteiger partial charge in [-0.05, 0) is 42.8 Å². The summed E-state index contributed by atoms with van der Waals surface area (Å²) in [6.07, 6.45) is 1.69. The smallest absolute Gasteiger partial charge is 0.328 e. The molecule has 0 radical (unpaired) electrons. The number of methoxy groups -OCH3 is 2. The molecular weight excluding hydrogens is 493 g/mol. The standard InChI is InChI=1S/C22H19Cl2NO5S2/c1-12(21(27)29-3)25-20(26)19(32-22(25)31)9-13-4-7-17(18(8-13)28-2)30-11-14-5-6-15(23)10-16(14)24/h4-10,12H,11H2,1-3H3. The molecule has 6 nitrogen and oxygen atoms in total. The molecule has 32 heavy (non-hydrogen) atoms. The number of rotatable bonds is 7. The van der Waals surface area contributed by atoms with Gasteiger partial charge in [0.2, 0.25) is 0 Å². The number of hydrogen-bond donors (Lipinski definition) is 0. The average molecular weight is 512 g/mol. The van der Waals surface area contributed by atoms with E-state index in [0.29, 0.717) is 36.3 Å². The van der Waals surface area contributed by atoms with Crippen molar-refractivity contribution in [2.45, 2.75) is 19.6 Å². The molecule has 1 fully saturated rings. The molecule has 1 amide bonds. The first-order valence-electron chi connectivity index (χ1n) is 9.34. The average Bonchev–Trinajstić information content (AvgIpc) is 3.05. The van der Waals surface area contributed by atoms with E-state index in [4.69, 9.17) is 49.6 Å². The fraction of sp³-hybridized carbons (Fsp3) is 0.227.